The number of carbonyl (C=O) groups excluding carboxylic acids is 1. The van der Waals surface area contributed by atoms with E-state index in [9.17, 15) is 14.3 Å². The third kappa shape index (κ3) is 5.17. The Hall–Kier alpha value is -1.92. The number of benzene rings is 2. The number of rotatable bonds is 6. The number of nitrogens with zero attached hydrogens (tertiary/aromatic N) is 1. The highest BCUT2D eigenvalue weighted by atomic mass is 79.9. The summed E-state index contributed by atoms with van der Waals surface area (Å²) < 4.78 is 20.4. The van der Waals surface area contributed by atoms with Gasteiger partial charge < -0.3 is 14.7 Å². The summed E-state index contributed by atoms with van der Waals surface area (Å²) in [5.41, 5.74) is 0.00620. The Labute approximate surface area is 179 Å². The van der Waals surface area contributed by atoms with Crippen LogP contribution < -0.4 is 0 Å². The van der Waals surface area contributed by atoms with Crippen molar-refractivity contribution in [3.8, 4) is 0 Å². The van der Waals surface area contributed by atoms with E-state index >= 15 is 0 Å². The van der Waals surface area contributed by atoms with E-state index in [2.05, 4.69) is 15.9 Å². The normalized spacial score (nSPS) is 21.0. The first-order valence-corrected chi connectivity index (χ1v) is 10.6. The third-order valence-electron chi connectivity index (χ3n) is 5.58. The molecule has 0 aliphatic carbocycles. The van der Waals surface area contributed by atoms with Crippen molar-refractivity contribution in [1.29, 1.82) is 0 Å². The van der Waals surface area contributed by atoms with Gasteiger partial charge in [0.15, 0.2) is 0 Å². The first-order chi connectivity index (χ1) is 13.6. The topological polar surface area (TPSA) is 49.8 Å². The van der Waals surface area contributed by atoms with Crippen molar-refractivity contribution < 1.29 is 19.0 Å². The second-order valence-corrected chi connectivity index (χ2v) is 9.27. The van der Waals surface area contributed by atoms with Crippen molar-refractivity contribution in [3.63, 3.8) is 0 Å². The van der Waals surface area contributed by atoms with Crippen LogP contribution in [0.4, 0.5) is 9.18 Å². The summed E-state index contributed by atoms with van der Waals surface area (Å²) in [6, 6.07) is 13.8. The summed E-state index contributed by atoms with van der Waals surface area (Å²) >= 11 is 3.47. The zero-order valence-electron chi connectivity index (χ0n) is 17.0. The number of amides is 1. The molecule has 29 heavy (non-hydrogen) atoms. The van der Waals surface area contributed by atoms with Crippen molar-refractivity contribution in [2.75, 3.05) is 6.54 Å². The summed E-state index contributed by atoms with van der Waals surface area (Å²) in [6.45, 7) is 5.95. The average Bonchev–Trinajstić information content (AvgIpc) is 2.66. The van der Waals surface area contributed by atoms with Crippen molar-refractivity contribution in [2.24, 2.45) is 0 Å². The van der Waals surface area contributed by atoms with Crippen LogP contribution in [0.2, 0.25) is 0 Å². The Morgan fingerprint density at radius 1 is 1.28 bits per heavy atom. The standard InChI is InChI=1S/C23H27BrFNO3/c1-16(17-5-4-6-19(24)15-17)26-14-13-23(29-21(26)27,12-11-22(2,3)28)18-7-9-20(25)10-8-18/h4-10,15-16,28H,11-14H2,1-3H3/t16-,23+/m0/s1. The quantitative estimate of drug-likeness (QED) is 0.576. The molecule has 1 saturated heterocycles. The van der Waals surface area contributed by atoms with E-state index in [-0.39, 0.29) is 11.9 Å². The minimum absolute atomic E-state index is 0.138. The van der Waals surface area contributed by atoms with Gasteiger partial charge in [0.05, 0.1) is 11.6 Å². The molecule has 1 aliphatic rings. The highest BCUT2D eigenvalue weighted by molar-refractivity contribution is 9.10. The molecule has 156 valence electrons. The summed E-state index contributed by atoms with van der Waals surface area (Å²) in [5, 5.41) is 10.2. The third-order valence-corrected chi connectivity index (χ3v) is 6.08. The second kappa shape index (κ2) is 8.44. The first kappa shape index (κ1) is 21.8. The van der Waals surface area contributed by atoms with E-state index in [1.807, 2.05) is 31.2 Å². The number of cyclic esters (lactones) is 1. The maximum Gasteiger partial charge on any atom is 0.411 e. The highest BCUT2D eigenvalue weighted by Gasteiger charge is 2.44. The summed E-state index contributed by atoms with van der Waals surface area (Å²) in [5.74, 6) is -0.335. The Morgan fingerprint density at radius 2 is 1.97 bits per heavy atom. The van der Waals surface area contributed by atoms with Gasteiger partial charge in [-0.15, -0.1) is 0 Å². The van der Waals surface area contributed by atoms with Crippen LogP contribution in [0.3, 0.4) is 0 Å². The van der Waals surface area contributed by atoms with Crippen LogP contribution in [-0.4, -0.2) is 28.2 Å². The largest absolute Gasteiger partial charge is 0.438 e. The van der Waals surface area contributed by atoms with E-state index in [1.165, 1.54) is 12.1 Å². The van der Waals surface area contributed by atoms with Gasteiger partial charge >= 0.3 is 6.09 Å². The lowest BCUT2D eigenvalue weighted by Crippen LogP contribution is -2.49. The van der Waals surface area contributed by atoms with Crippen molar-refractivity contribution >= 4 is 22.0 Å². The molecule has 1 fully saturated rings. The highest BCUT2D eigenvalue weighted by Crippen LogP contribution is 2.41. The van der Waals surface area contributed by atoms with E-state index < -0.39 is 17.3 Å². The number of hydrogen-bond donors (Lipinski definition) is 1. The molecule has 3 rings (SSSR count). The Morgan fingerprint density at radius 3 is 2.55 bits per heavy atom. The minimum Gasteiger partial charge on any atom is -0.438 e. The van der Waals surface area contributed by atoms with Crippen LogP contribution in [0, 0.1) is 5.82 Å². The molecule has 1 aliphatic heterocycles. The second-order valence-electron chi connectivity index (χ2n) is 8.36. The average molecular weight is 464 g/mol. The van der Waals surface area contributed by atoms with Gasteiger partial charge in [0, 0.05) is 17.4 Å². The van der Waals surface area contributed by atoms with Crippen molar-refractivity contribution in [1.82, 2.24) is 4.90 Å². The molecule has 2 atom stereocenters. The molecule has 2 aromatic rings. The van der Waals surface area contributed by atoms with Gasteiger partial charge in [-0.2, -0.15) is 0 Å². The lowest BCUT2D eigenvalue weighted by atomic mass is 9.82. The monoisotopic (exact) mass is 463 g/mol. The number of hydrogen-bond acceptors (Lipinski definition) is 3. The van der Waals surface area contributed by atoms with E-state index in [0.29, 0.717) is 25.8 Å². The molecule has 0 radical (unpaired) electrons. The molecule has 1 N–H and O–H groups in total. The van der Waals surface area contributed by atoms with Gasteiger partial charge in [0.2, 0.25) is 0 Å². The molecule has 0 unspecified atom stereocenters. The van der Waals surface area contributed by atoms with Crippen molar-refractivity contribution in [2.45, 2.75) is 57.3 Å². The van der Waals surface area contributed by atoms with Gasteiger partial charge in [-0.1, -0.05) is 40.2 Å². The van der Waals surface area contributed by atoms with Gasteiger partial charge in [-0.3, -0.25) is 0 Å². The predicted octanol–water partition coefficient (Wildman–Crippen LogP) is 5.94. The van der Waals surface area contributed by atoms with Crippen LogP contribution in [0.25, 0.3) is 0 Å². The molecular weight excluding hydrogens is 437 g/mol. The van der Waals surface area contributed by atoms with Crippen LogP contribution in [0.15, 0.2) is 53.0 Å². The molecule has 2 aromatic carbocycles. The van der Waals surface area contributed by atoms with Gasteiger partial charge in [-0.05, 0) is 69.0 Å². The lowest BCUT2D eigenvalue weighted by molar-refractivity contribution is -0.0768. The first-order valence-electron chi connectivity index (χ1n) is 9.83. The molecule has 0 aromatic heterocycles. The maximum atomic E-state index is 13.5. The number of ether oxygens (including phenoxy) is 1. The Bertz CT molecular complexity index is 865. The van der Waals surface area contributed by atoms with Gasteiger partial charge in [0.1, 0.15) is 11.4 Å². The van der Waals surface area contributed by atoms with E-state index in [0.717, 1.165) is 15.6 Å². The fourth-order valence-electron chi connectivity index (χ4n) is 3.75. The molecule has 1 heterocycles. The maximum absolute atomic E-state index is 13.5. The zero-order valence-corrected chi connectivity index (χ0v) is 18.6. The van der Waals surface area contributed by atoms with Gasteiger partial charge in [0.25, 0.3) is 0 Å². The van der Waals surface area contributed by atoms with Crippen LogP contribution >= 0.6 is 15.9 Å². The summed E-state index contributed by atoms with van der Waals surface area (Å²) in [6.07, 6.45) is 1.09. The van der Waals surface area contributed by atoms with Crippen LogP contribution in [-0.2, 0) is 10.3 Å². The molecule has 6 heteroatoms. The van der Waals surface area contributed by atoms with Crippen LogP contribution in [0.1, 0.15) is 57.2 Å². The number of aliphatic hydroxyl groups is 1. The smallest absolute Gasteiger partial charge is 0.411 e. The molecule has 4 nitrogen and oxygen atoms in total. The molecule has 0 spiro atoms. The Balaban J connectivity index is 1.85. The fraction of sp³-hybridized carbons (Fsp3) is 0.435. The fourth-order valence-corrected chi connectivity index (χ4v) is 4.17. The SMILES string of the molecule is C[C@@H](c1cccc(Br)c1)N1CC[C@](CCC(C)(C)O)(c2ccc(F)cc2)OC1=O. The minimum atomic E-state index is -0.889. The Kier molecular flexibility index (Phi) is 6.34. The molecular formula is C23H27BrFNO3. The predicted molar refractivity (Wildman–Crippen MR) is 114 cm³/mol. The summed E-state index contributed by atoms with van der Waals surface area (Å²) in [7, 11) is 0. The lowest BCUT2D eigenvalue weighted by Gasteiger charge is -2.44. The number of halogens is 2. The number of carbonyl (C=O) groups is 1. The zero-order chi connectivity index (χ0) is 21.2. The van der Waals surface area contributed by atoms with Crippen molar-refractivity contribution in [3.05, 3.63) is 69.9 Å². The van der Waals surface area contributed by atoms with E-state index in [4.69, 9.17) is 4.74 Å². The van der Waals surface area contributed by atoms with Crippen LogP contribution in [0.5, 0.6) is 0 Å². The van der Waals surface area contributed by atoms with E-state index in [1.54, 1.807) is 30.9 Å². The molecule has 0 saturated carbocycles. The van der Waals surface area contributed by atoms with Gasteiger partial charge in [-0.25, -0.2) is 9.18 Å². The molecule has 0 bridgehead atoms. The summed E-state index contributed by atoms with van der Waals surface area (Å²) in [4.78, 5) is 14.7. The molecule has 1 amide bonds.